The largest absolute Gasteiger partial charge is 0.479 e. The van der Waals surface area contributed by atoms with E-state index in [0.29, 0.717) is 5.69 Å². The second kappa shape index (κ2) is 6.29. The predicted molar refractivity (Wildman–Crippen MR) is 61.6 cm³/mol. The number of aliphatic carboxylic acids is 1. The molecule has 0 spiro atoms. The van der Waals surface area contributed by atoms with Crippen molar-refractivity contribution in [1.29, 1.82) is 0 Å². The van der Waals surface area contributed by atoms with Gasteiger partial charge in [0.1, 0.15) is 0 Å². The molecular formula is C11H12N2O4. The lowest BCUT2D eigenvalue weighted by molar-refractivity contribution is -0.147. The number of carbonyl (C=O) groups is 2. The Kier molecular flexibility index (Phi) is 4.71. The molecule has 1 aromatic carbocycles. The molecule has 0 saturated carbocycles. The third-order valence-corrected chi connectivity index (χ3v) is 1.73. The number of hydroxylamine groups is 1. The molecule has 0 radical (unpaired) electrons. The first-order valence-electron chi connectivity index (χ1n) is 4.75. The van der Waals surface area contributed by atoms with E-state index in [4.69, 9.17) is 10.8 Å². The molecule has 0 heterocycles. The van der Waals surface area contributed by atoms with Crippen molar-refractivity contribution in [3.05, 3.63) is 35.9 Å². The van der Waals surface area contributed by atoms with Crippen LogP contribution in [0.15, 0.2) is 30.3 Å². The van der Waals surface area contributed by atoms with Crippen LogP contribution in [0.1, 0.15) is 5.56 Å². The summed E-state index contributed by atoms with van der Waals surface area (Å²) in [4.78, 5) is 25.6. The second-order valence-electron chi connectivity index (χ2n) is 3.15. The van der Waals surface area contributed by atoms with E-state index in [1.165, 1.54) is 6.08 Å². The minimum atomic E-state index is -1.16. The van der Waals surface area contributed by atoms with Crippen molar-refractivity contribution in [2.24, 2.45) is 0 Å². The number of nitrogens with two attached hydrogens (primary N) is 1. The van der Waals surface area contributed by atoms with Gasteiger partial charge in [-0.15, -0.1) is 0 Å². The molecule has 0 atom stereocenters. The molecule has 1 aromatic rings. The van der Waals surface area contributed by atoms with E-state index in [1.807, 2.05) is 5.48 Å². The molecule has 1 rings (SSSR count). The Morgan fingerprint density at radius 1 is 1.35 bits per heavy atom. The number of hydrogen-bond acceptors (Lipinski definition) is 4. The summed E-state index contributed by atoms with van der Waals surface area (Å²) in [5.74, 6) is -1.70. The fourth-order valence-electron chi connectivity index (χ4n) is 0.982. The molecule has 6 heteroatoms. The first-order valence-corrected chi connectivity index (χ1v) is 4.75. The van der Waals surface area contributed by atoms with Crippen LogP contribution in [0, 0.1) is 0 Å². The zero-order valence-electron chi connectivity index (χ0n) is 8.92. The molecule has 0 aliphatic rings. The summed E-state index contributed by atoms with van der Waals surface area (Å²) in [6.45, 7) is -0.582. The monoisotopic (exact) mass is 236 g/mol. The summed E-state index contributed by atoms with van der Waals surface area (Å²) in [5, 5.41) is 8.25. The van der Waals surface area contributed by atoms with Gasteiger partial charge in [0.15, 0.2) is 6.61 Å². The van der Waals surface area contributed by atoms with Gasteiger partial charge in [-0.1, -0.05) is 12.1 Å². The van der Waals surface area contributed by atoms with Crippen LogP contribution in [0.3, 0.4) is 0 Å². The van der Waals surface area contributed by atoms with Crippen LogP contribution in [0.5, 0.6) is 0 Å². The van der Waals surface area contributed by atoms with Crippen LogP contribution >= 0.6 is 0 Å². The number of nitrogens with one attached hydrogen (secondary N) is 1. The molecule has 0 saturated heterocycles. The van der Waals surface area contributed by atoms with Gasteiger partial charge in [0, 0.05) is 11.8 Å². The lowest BCUT2D eigenvalue weighted by Crippen LogP contribution is -2.24. The summed E-state index contributed by atoms with van der Waals surface area (Å²) < 4.78 is 0. The zero-order valence-corrected chi connectivity index (χ0v) is 8.92. The lowest BCUT2D eigenvalue weighted by atomic mass is 10.2. The van der Waals surface area contributed by atoms with Crippen LogP contribution < -0.4 is 11.2 Å². The molecular weight excluding hydrogens is 224 g/mol. The van der Waals surface area contributed by atoms with Crippen molar-refractivity contribution in [3.8, 4) is 0 Å². The van der Waals surface area contributed by atoms with Gasteiger partial charge >= 0.3 is 5.97 Å². The van der Waals surface area contributed by atoms with E-state index in [1.54, 1.807) is 30.3 Å². The van der Waals surface area contributed by atoms with Gasteiger partial charge in [0.25, 0.3) is 5.91 Å². The maximum Gasteiger partial charge on any atom is 0.332 e. The fourth-order valence-corrected chi connectivity index (χ4v) is 0.982. The van der Waals surface area contributed by atoms with E-state index in [-0.39, 0.29) is 0 Å². The highest BCUT2D eigenvalue weighted by atomic mass is 16.7. The van der Waals surface area contributed by atoms with Crippen LogP contribution in [0.2, 0.25) is 0 Å². The summed E-state index contributed by atoms with van der Waals surface area (Å²) in [7, 11) is 0. The zero-order chi connectivity index (χ0) is 12.7. The Bertz CT molecular complexity index is 426. The van der Waals surface area contributed by atoms with Crippen molar-refractivity contribution >= 4 is 23.6 Å². The van der Waals surface area contributed by atoms with Gasteiger partial charge < -0.3 is 10.8 Å². The van der Waals surface area contributed by atoms with E-state index in [9.17, 15) is 9.59 Å². The first-order chi connectivity index (χ1) is 8.08. The Morgan fingerprint density at radius 2 is 2.00 bits per heavy atom. The molecule has 1 amide bonds. The summed E-state index contributed by atoms with van der Waals surface area (Å²) in [5.41, 5.74) is 8.90. The highest BCUT2D eigenvalue weighted by molar-refractivity contribution is 5.91. The van der Waals surface area contributed by atoms with Crippen molar-refractivity contribution in [1.82, 2.24) is 5.48 Å². The van der Waals surface area contributed by atoms with Crippen molar-refractivity contribution in [2.45, 2.75) is 0 Å². The van der Waals surface area contributed by atoms with E-state index >= 15 is 0 Å². The topological polar surface area (TPSA) is 102 Å². The van der Waals surface area contributed by atoms with Crippen LogP contribution in [0.25, 0.3) is 6.08 Å². The molecule has 6 nitrogen and oxygen atoms in total. The highest BCUT2D eigenvalue weighted by Crippen LogP contribution is 2.06. The predicted octanol–water partition coefficient (Wildman–Crippen LogP) is 0.414. The number of amides is 1. The van der Waals surface area contributed by atoms with Crippen molar-refractivity contribution in [3.63, 3.8) is 0 Å². The van der Waals surface area contributed by atoms with Crippen molar-refractivity contribution in [2.75, 3.05) is 12.3 Å². The number of rotatable bonds is 5. The minimum absolute atomic E-state index is 0.539. The summed E-state index contributed by atoms with van der Waals surface area (Å²) in [6, 6.07) is 6.91. The molecule has 0 aliphatic heterocycles. The molecule has 90 valence electrons. The maximum atomic E-state index is 11.1. The van der Waals surface area contributed by atoms with Gasteiger partial charge in [-0.2, -0.15) is 0 Å². The Hall–Kier alpha value is -2.34. The Labute approximate surface area is 97.6 Å². The lowest BCUT2D eigenvalue weighted by Gasteiger charge is -1.99. The van der Waals surface area contributed by atoms with Gasteiger partial charge in [-0.25, -0.2) is 10.3 Å². The third kappa shape index (κ3) is 5.33. The van der Waals surface area contributed by atoms with E-state index in [2.05, 4.69) is 4.84 Å². The Balaban J connectivity index is 2.40. The molecule has 0 unspecified atom stereocenters. The van der Waals surface area contributed by atoms with E-state index < -0.39 is 18.5 Å². The molecule has 0 aliphatic carbocycles. The number of carboxylic acid groups (broad SMARTS) is 1. The summed E-state index contributed by atoms with van der Waals surface area (Å²) in [6.07, 6.45) is 2.78. The molecule has 0 aromatic heterocycles. The first kappa shape index (κ1) is 12.7. The van der Waals surface area contributed by atoms with Gasteiger partial charge in [-0.3, -0.25) is 9.63 Å². The third-order valence-electron chi connectivity index (χ3n) is 1.73. The molecule has 0 fully saturated rings. The average molecular weight is 236 g/mol. The van der Waals surface area contributed by atoms with Crippen LogP contribution in [-0.2, 0) is 14.4 Å². The normalized spacial score (nSPS) is 10.4. The quantitative estimate of drug-likeness (QED) is 0.390. The van der Waals surface area contributed by atoms with Gasteiger partial charge in [0.05, 0.1) is 0 Å². The minimum Gasteiger partial charge on any atom is -0.479 e. The number of anilines is 1. The smallest absolute Gasteiger partial charge is 0.332 e. The molecule has 4 N–H and O–H groups in total. The fraction of sp³-hybridized carbons (Fsp3) is 0.0909. The Morgan fingerprint density at radius 3 is 2.59 bits per heavy atom. The number of nitrogen functional groups attached to an aromatic ring is 1. The van der Waals surface area contributed by atoms with E-state index in [0.717, 1.165) is 5.56 Å². The number of benzene rings is 1. The standard InChI is InChI=1S/C11H12N2O4/c12-9-4-1-8(2-5-9)3-6-10(14)13-17-7-11(15)16/h1-6H,7,12H2,(H,13,14)(H,15,16)/b6-3+. The highest BCUT2D eigenvalue weighted by Gasteiger charge is 1.98. The average Bonchev–Trinajstić information content (AvgIpc) is 2.28. The van der Waals surface area contributed by atoms with Crippen LogP contribution in [-0.4, -0.2) is 23.6 Å². The SMILES string of the molecule is Nc1ccc(/C=C/C(=O)NOCC(=O)O)cc1. The second-order valence-corrected chi connectivity index (χ2v) is 3.15. The van der Waals surface area contributed by atoms with Crippen molar-refractivity contribution < 1.29 is 19.5 Å². The van der Waals surface area contributed by atoms with Gasteiger partial charge in [-0.05, 0) is 23.8 Å². The number of hydrogen-bond donors (Lipinski definition) is 3. The van der Waals surface area contributed by atoms with Crippen LogP contribution in [0.4, 0.5) is 5.69 Å². The molecule has 0 bridgehead atoms. The number of carboxylic acids is 1. The number of carbonyl (C=O) groups excluding carboxylic acids is 1. The molecule has 17 heavy (non-hydrogen) atoms. The maximum absolute atomic E-state index is 11.1. The summed E-state index contributed by atoms with van der Waals surface area (Å²) >= 11 is 0. The van der Waals surface area contributed by atoms with Gasteiger partial charge in [0.2, 0.25) is 0 Å².